The van der Waals surface area contributed by atoms with Gasteiger partial charge < -0.3 is 10.6 Å². The number of hydrogen-bond donors (Lipinski definition) is 2. The minimum atomic E-state index is 0.0608. The highest BCUT2D eigenvalue weighted by Gasteiger charge is 2.10. The molecule has 0 bridgehead atoms. The summed E-state index contributed by atoms with van der Waals surface area (Å²) >= 11 is 0. The number of nitrogens with two attached hydrogens (primary N) is 1. The van der Waals surface area contributed by atoms with Gasteiger partial charge in [0.2, 0.25) is 0 Å². The molecule has 0 fully saturated rings. The van der Waals surface area contributed by atoms with E-state index in [1.54, 1.807) is 6.20 Å². The standard InChI is InChI=1S/C12H20N4/c1-4-7-16(9(2)3)11-6-5-10(8-15-11)12(13)14/h5-6,8-9H,4,7H2,1-3H3,(H3,13,14). The first kappa shape index (κ1) is 12.5. The molecule has 3 N–H and O–H groups in total. The molecule has 0 saturated carbocycles. The summed E-state index contributed by atoms with van der Waals surface area (Å²) in [7, 11) is 0. The quantitative estimate of drug-likeness (QED) is 0.589. The number of amidine groups is 1. The molecule has 1 aromatic rings. The second-order valence-electron chi connectivity index (χ2n) is 4.11. The maximum atomic E-state index is 7.30. The van der Waals surface area contributed by atoms with Gasteiger partial charge >= 0.3 is 0 Å². The Balaban J connectivity index is 2.89. The number of hydrogen-bond acceptors (Lipinski definition) is 3. The van der Waals surface area contributed by atoms with E-state index >= 15 is 0 Å². The Morgan fingerprint density at radius 2 is 2.19 bits per heavy atom. The van der Waals surface area contributed by atoms with Gasteiger partial charge in [-0.3, -0.25) is 5.41 Å². The number of aromatic nitrogens is 1. The lowest BCUT2D eigenvalue weighted by Gasteiger charge is -2.27. The molecule has 1 aromatic heterocycles. The average molecular weight is 220 g/mol. The second kappa shape index (κ2) is 5.49. The van der Waals surface area contributed by atoms with E-state index in [2.05, 4.69) is 30.7 Å². The molecular formula is C12H20N4. The molecular weight excluding hydrogens is 200 g/mol. The van der Waals surface area contributed by atoms with Crippen molar-refractivity contribution in [2.75, 3.05) is 11.4 Å². The zero-order chi connectivity index (χ0) is 12.1. The Labute approximate surface area is 97.0 Å². The monoisotopic (exact) mass is 220 g/mol. The number of rotatable bonds is 5. The van der Waals surface area contributed by atoms with Gasteiger partial charge in [0.05, 0.1) is 0 Å². The fourth-order valence-corrected chi connectivity index (χ4v) is 1.59. The molecule has 16 heavy (non-hydrogen) atoms. The molecule has 0 aromatic carbocycles. The van der Waals surface area contributed by atoms with Crippen LogP contribution in [0.2, 0.25) is 0 Å². The van der Waals surface area contributed by atoms with Crippen LogP contribution in [0, 0.1) is 5.41 Å². The minimum Gasteiger partial charge on any atom is -0.384 e. The average Bonchev–Trinajstić information content (AvgIpc) is 2.25. The van der Waals surface area contributed by atoms with E-state index < -0.39 is 0 Å². The third-order valence-electron chi connectivity index (χ3n) is 2.44. The Hall–Kier alpha value is -1.58. The SMILES string of the molecule is CCCN(c1ccc(C(=N)N)cn1)C(C)C. The molecule has 0 radical (unpaired) electrons. The van der Waals surface area contributed by atoms with E-state index in [-0.39, 0.29) is 5.84 Å². The molecule has 1 rings (SSSR count). The van der Waals surface area contributed by atoms with Gasteiger partial charge in [-0.05, 0) is 32.4 Å². The second-order valence-corrected chi connectivity index (χ2v) is 4.11. The van der Waals surface area contributed by atoms with Crippen LogP contribution in [0.15, 0.2) is 18.3 Å². The summed E-state index contributed by atoms with van der Waals surface area (Å²) in [6.07, 6.45) is 2.75. The van der Waals surface area contributed by atoms with Crippen LogP contribution in [0.4, 0.5) is 5.82 Å². The predicted molar refractivity (Wildman–Crippen MR) is 68.0 cm³/mol. The van der Waals surface area contributed by atoms with Crippen molar-refractivity contribution >= 4 is 11.7 Å². The lowest BCUT2D eigenvalue weighted by molar-refractivity contribution is 0.662. The first-order chi connectivity index (χ1) is 7.56. The van der Waals surface area contributed by atoms with Gasteiger partial charge in [0.1, 0.15) is 11.7 Å². The van der Waals surface area contributed by atoms with Crippen molar-refractivity contribution < 1.29 is 0 Å². The highest BCUT2D eigenvalue weighted by Crippen LogP contribution is 2.14. The predicted octanol–water partition coefficient (Wildman–Crippen LogP) is 1.99. The summed E-state index contributed by atoms with van der Waals surface area (Å²) in [5.74, 6) is 1.01. The largest absolute Gasteiger partial charge is 0.384 e. The molecule has 0 aliphatic heterocycles. The maximum absolute atomic E-state index is 7.30. The molecule has 4 nitrogen and oxygen atoms in total. The summed E-state index contributed by atoms with van der Waals surface area (Å²) in [6, 6.07) is 4.19. The molecule has 88 valence electrons. The topological polar surface area (TPSA) is 66.0 Å². The Morgan fingerprint density at radius 3 is 2.56 bits per heavy atom. The molecule has 4 heteroatoms. The summed E-state index contributed by atoms with van der Waals surface area (Å²) in [4.78, 5) is 6.59. The summed E-state index contributed by atoms with van der Waals surface area (Å²) in [5.41, 5.74) is 6.06. The lowest BCUT2D eigenvalue weighted by atomic mass is 10.2. The Bertz CT molecular complexity index is 343. The van der Waals surface area contributed by atoms with Gasteiger partial charge in [-0.25, -0.2) is 4.98 Å². The van der Waals surface area contributed by atoms with Crippen molar-refractivity contribution in [3.63, 3.8) is 0 Å². The van der Waals surface area contributed by atoms with Crippen LogP contribution in [-0.2, 0) is 0 Å². The van der Waals surface area contributed by atoms with Gasteiger partial charge in [-0.2, -0.15) is 0 Å². The highest BCUT2D eigenvalue weighted by atomic mass is 15.2. The number of nitrogen functional groups attached to an aromatic ring is 1. The fraction of sp³-hybridized carbons (Fsp3) is 0.500. The summed E-state index contributed by atoms with van der Waals surface area (Å²) < 4.78 is 0. The zero-order valence-electron chi connectivity index (χ0n) is 10.2. The van der Waals surface area contributed by atoms with E-state index in [1.807, 2.05) is 12.1 Å². The third-order valence-corrected chi connectivity index (χ3v) is 2.44. The van der Waals surface area contributed by atoms with Crippen LogP contribution < -0.4 is 10.6 Å². The van der Waals surface area contributed by atoms with Crippen LogP contribution in [-0.4, -0.2) is 23.4 Å². The minimum absolute atomic E-state index is 0.0608. The van der Waals surface area contributed by atoms with Crippen LogP contribution in [0.25, 0.3) is 0 Å². The van der Waals surface area contributed by atoms with Crippen molar-refractivity contribution in [3.8, 4) is 0 Å². The number of pyridine rings is 1. The van der Waals surface area contributed by atoms with Crippen molar-refractivity contribution in [2.45, 2.75) is 33.2 Å². The van der Waals surface area contributed by atoms with Crippen LogP contribution in [0.5, 0.6) is 0 Å². The van der Waals surface area contributed by atoms with Crippen molar-refractivity contribution in [2.24, 2.45) is 5.73 Å². The molecule has 0 spiro atoms. The molecule has 0 saturated heterocycles. The molecule has 0 aliphatic rings. The zero-order valence-corrected chi connectivity index (χ0v) is 10.2. The van der Waals surface area contributed by atoms with E-state index in [1.165, 1.54) is 0 Å². The van der Waals surface area contributed by atoms with Gasteiger partial charge in [0.25, 0.3) is 0 Å². The number of nitrogens with one attached hydrogen (secondary N) is 1. The van der Waals surface area contributed by atoms with E-state index in [0.717, 1.165) is 18.8 Å². The smallest absolute Gasteiger partial charge is 0.128 e. The van der Waals surface area contributed by atoms with Crippen LogP contribution in [0.3, 0.4) is 0 Å². The molecule has 1 heterocycles. The number of anilines is 1. The van der Waals surface area contributed by atoms with E-state index in [9.17, 15) is 0 Å². The molecule has 0 amide bonds. The van der Waals surface area contributed by atoms with Gasteiger partial charge in [0, 0.05) is 24.3 Å². The van der Waals surface area contributed by atoms with Crippen molar-refractivity contribution in [1.82, 2.24) is 4.98 Å². The van der Waals surface area contributed by atoms with Gasteiger partial charge in [-0.15, -0.1) is 0 Å². The number of nitrogens with zero attached hydrogens (tertiary/aromatic N) is 2. The van der Waals surface area contributed by atoms with Crippen LogP contribution in [0.1, 0.15) is 32.8 Å². The normalized spacial score (nSPS) is 10.5. The van der Waals surface area contributed by atoms with Gasteiger partial charge in [-0.1, -0.05) is 6.92 Å². The first-order valence-corrected chi connectivity index (χ1v) is 5.63. The third kappa shape index (κ3) is 2.95. The first-order valence-electron chi connectivity index (χ1n) is 5.63. The lowest BCUT2D eigenvalue weighted by Crippen LogP contribution is -2.32. The maximum Gasteiger partial charge on any atom is 0.128 e. The highest BCUT2D eigenvalue weighted by molar-refractivity contribution is 5.94. The molecule has 0 aliphatic carbocycles. The van der Waals surface area contributed by atoms with Crippen molar-refractivity contribution in [3.05, 3.63) is 23.9 Å². The Morgan fingerprint density at radius 1 is 1.50 bits per heavy atom. The fourth-order valence-electron chi connectivity index (χ4n) is 1.59. The van der Waals surface area contributed by atoms with E-state index in [0.29, 0.717) is 11.6 Å². The van der Waals surface area contributed by atoms with Crippen LogP contribution >= 0.6 is 0 Å². The van der Waals surface area contributed by atoms with E-state index in [4.69, 9.17) is 11.1 Å². The van der Waals surface area contributed by atoms with Crippen molar-refractivity contribution in [1.29, 1.82) is 5.41 Å². The van der Waals surface area contributed by atoms with Gasteiger partial charge in [0.15, 0.2) is 0 Å². The Kier molecular flexibility index (Phi) is 4.28. The summed E-state index contributed by atoms with van der Waals surface area (Å²) in [6.45, 7) is 7.44. The summed E-state index contributed by atoms with van der Waals surface area (Å²) in [5, 5.41) is 7.30. The molecule has 0 atom stereocenters. The molecule has 0 unspecified atom stereocenters.